The van der Waals surface area contributed by atoms with Crippen molar-refractivity contribution in [3.63, 3.8) is 0 Å². The molecule has 178 valence electrons. The molecule has 3 aliphatic rings. The summed E-state index contributed by atoms with van der Waals surface area (Å²) in [7, 11) is 3.16. The van der Waals surface area contributed by atoms with E-state index in [9.17, 15) is 9.59 Å². The van der Waals surface area contributed by atoms with Crippen LogP contribution >= 0.6 is 15.9 Å². The highest BCUT2D eigenvalue weighted by Gasteiger charge is 2.44. The monoisotopic (exact) mass is 518 g/mol. The molecular formula is C25H31BrN2O5. The van der Waals surface area contributed by atoms with Gasteiger partial charge in [0.1, 0.15) is 0 Å². The molecule has 0 radical (unpaired) electrons. The number of ketones is 1. The van der Waals surface area contributed by atoms with Crippen molar-refractivity contribution >= 4 is 27.6 Å². The van der Waals surface area contributed by atoms with Crippen LogP contribution in [0.25, 0.3) is 0 Å². The van der Waals surface area contributed by atoms with Gasteiger partial charge in [-0.15, -0.1) is 0 Å². The minimum Gasteiger partial charge on any atom is -0.493 e. The van der Waals surface area contributed by atoms with E-state index in [0.29, 0.717) is 59.8 Å². The Morgan fingerprint density at radius 3 is 2.52 bits per heavy atom. The summed E-state index contributed by atoms with van der Waals surface area (Å²) in [6.07, 6.45) is 1.19. The number of ether oxygens (including phenoxy) is 3. The smallest absolute Gasteiger partial charge is 0.252 e. The lowest BCUT2D eigenvalue weighted by atomic mass is 9.68. The Hall–Kier alpha value is -2.32. The second-order valence-electron chi connectivity index (χ2n) is 9.57. The summed E-state index contributed by atoms with van der Waals surface area (Å²) in [6.45, 7) is 8.22. The lowest BCUT2D eigenvalue weighted by Crippen LogP contribution is -2.45. The molecule has 1 aromatic carbocycles. The Kier molecular flexibility index (Phi) is 6.60. The summed E-state index contributed by atoms with van der Waals surface area (Å²) in [4.78, 5) is 29.1. The number of halogens is 1. The van der Waals surface area contributed by atoms with E-state index in [1.54, 1.807) is 14.2 Å². The molecule has 2 heterocycles. The van der Waals surface area contributed by atoms with E-state index >= 15 is 0 Å². The number of nitrogens with one attached hydrogen (secondary N) is 1. The van der Waals surface area contributed by atoms with E-state index in [-0.39, 0.29) is 17.1 Å². The summed E-state index contributed by atoms with van der Waals surface area (Å²) in [6, 6.07) is 3.80. The normalized spacial score (nSPS) is 22.7. The molecule has 2 aliphatic heterocycles. The molecule has 1 saturated heterocycles. The lowest BCUT2D eigenvalue weighted by molar-refractivity contribution is -0.131. The molecule has 7 nitrogen and oxygen atoms in total. The molecule has 0 spiro atoms. The van der Waals surface area contributed by atoms with Crippen LogP contribution in [0.1, 0.15) is 45.1 Å². The number of carbonyl (C=O) groups is 2. The maximum Gasteiger partial charge on any atom is 0.252 e. The number of nitrogens with zero attached hydrogens (tertiary/aromatic N) is 1. The third-order valence-electron chi connectivity index (χ3n) is 6.56. The van der Waals surface area contributed by atoms with Crippen molar-refractivity contribution in [2.75, 3.05) is 40.5 Å². The van der Waals surface area contributed by atoms with E-state index in [0.717, 1.165) is 23.4 Å². The third-order valence-corrected chi connectivity index (χ3v) is 7.15. The molecular weight excluding hydrogens is 488 g/mol. The Morgan fingerprint density at radius 2 is 1.88 bits per heavy atom. The lowest BCUT2D eigenvalue weighted by Gasteiger charge is -2.41. The van der Waals surface area contributed by atoms with E-state index in [4.69, 9.17) is 14.2 Å². The van der Waals surface area contributed by atoms with Crippen LogP contribution in [0.4, 0.5) is 0 Å². The number of hydrogen-bond acceptors (Lipinski definition) is 6. The minimum atomic E-state index is -0.490. The topological polar surface area (TPSA) is 77.1 Å². The highest BCUT2D eigenvalue weighted by Crippen LogP contribution is 2.49. The molecule has 4 rings (SSSR count). The fourth-order valence-electron chi connectivity index (χ4n) is 5.09. The van der Waals surface area contributed by atoms with Gasteiger partial charge in [0.05, 0.1) is 31.9 Å². The van der Waals surface area contributed by atoms with Gasteiger partial charge in [0.15, 0.2) is 17.3 Å². The highest BCUT2D eigenvalue weighted by molar-refractivity contribution is 9.10. The first-order chi connectivity index (χ1) is 15.7. The molecule has 33 heavy (non-hydrogen) atoms. The van der Waals surface area contributed by atoms with Crippen molar-refractivity contribution in [3.05, 3.63) is 44.7 Å². The zero-order valence-corrected chi connectivity index (χ0v) is 21.4. The van der Waals surface area contributed by atoms with Crippen molar-refractivity contribution < 1.29 is 23.8 Å². The number of benzene rings is 1. The first-order valence-electron chi connectivity index (χ1n) is 11.2. The van der Waals surface area contributed by atoms with Gasteiger partial charge in [-0.25, -0.2) is 0 Å². The Morgan fingerprint density at radius 1 is 1.18 bits per heavy atom. The number of allylic oxidation sites excluding steroid dienone is 3. The zero-order valence-electron chi connectivity index (χ0n) is 19.8. The Labute approximate surface area is 203 Å². The maximum atomic E-state index is 13.8. The van der Waals surface area contributed by atoms with Crippen molar-refractivity contribution in [2.45, 2.75) is 39.5 Å². The number of carbonyl (C=O) groups excluding carboxylic acids is 2. The molecule has 1 aromatic rings. The molecule has 1 aliphatic carbocycles. The number of rotatable bonds is 4. The van der Waals surface area contributed by atoms with Crippen LogP contribution in [0.5, 0.6) is 11.5 Å². The summed E-state index contributed by atoms with van der Waals surface area (Å²) >= 11 is 3.59. The zero-order chi connectivity index (χ0) is 23.9. The van der Waals surface area contributed by atoms with Gasteiger partial charge in [-0.05, 0) is 52.4 Å². The molecule has 1 N–H and O–H groups in total. The van der Waals surface area contributed by atoms with E-state index in [2.05, 4.69) is 35.1 Å². The SMILES string of the molecule is COc1cc(C2C(C(=O)N3CCOCC3)=C(C)NC3=C2C(=O)CC(C)(C)C3)cc(Br)c1OC. The van der Waals surface area contributed by atoms with E-state index in [1.165, 1.54) is 0 Å². The first-order valence-corrected chi connectivity index (χ1v) is 12.0. The molecule has 1 fully saturated rings. The number of hydrogen-bond donors (Lipinski definition) is 1. The van der Waals surface area contributed by atoms with Crippen LogP contribution < -0.4 is 14.8 Å². The van der Waals surface area contributed by atoms with Gasteiger partial charge in [0, 0.05) is 48.0 Å². The second kappa shape index (κ2) is 9.14. The molecule has 1 unspecified atom stereocenters. The van der Waals surface area contributed by atoms with Gasteiger partial charge in [0.25, 0.3) is 5.91 Å². The predicted octanol–water partition coefficient (Wildman–Crippen LogP) is 3.93. The molecule has 8 heteroatoms. The van der Waals surface area contributed by atoms with Gasteiger partial charge in [-0.3, -0.25) is 9.59 Å². The van der Waals surface area contributed by atoms with Crippen LogP contribution in [-0.2, 0) is 14.3 Å². The summed E-state index contributed by atoms with van der Waals surface area (Å²) in [5.74, 6) is 0.633. The van der Waals surface area contributed by atoms with Crippen LogP contribution in [0.2, 0.25) is 0 Å². The van der Waals surface area contributed by atoms with Crippen LogP contribution in [0.15, 0.2) is 39.1 Å². The van der Waals surface area contributed by atoms with E-state index < -0.39 is 5.92 Å². The van der Waals surface area contributed by atoms with E-state index in [1.807, 2.05) is 24.0 Å². The average molecular weight is 519 g/mol. The van der Waals surface area contributed by atoms with Crippen molar-refractivity contribution in [1.82, 2.24) is 10.2 Å². The fraction of sp³-hybridized carbons (Fsp3) is 0.520. The first kappa shape index (κ1) is 23.8. The largest absolute Gasteiger partial charge is 0.493 e. The molecule has 0 aromatic heterocycles. The van der Waals surface area contributed by atoms with Gasteiger partial charge in [-0.2, -0.15) is 0 Å². The van der Waals surface area contributed by atoms with Gasteiger partial charge < -0.3 is 24.4 Å². The third kappa shape index (κ3) is 4.43. The standard InChI is InChI=1S/C25H31BrN2O5/c1-14-20(24(30)28-6-8-33-9-7-28)21(15-10-16(26)23(32-5)19(11-15)31-4)22-17(27-14)12-25(2,3)13-18(22)29/h10-11,21,27H,6-9,12-13H2,1-5H3. The number of Topliss-reactive ketones (excluding diaryl/α,β-unsaturated/α-hetero) is 1. The number of amides is 1. The summed E-state index contributed by atoms with van der Waals surface area (Å²) in [5.41, 5.74) is 3.64. The molecule has 1 amide bonds. The number of dihydropyridines is 1. The van der Waals surface area contributed by atoms with Crippen molar-refractivity contribution in [3.8, 4) is 11.5 Å². The number of morpholine rings is 1. The quantitative estimate of drug-likeness (QED) is 0.650. The maximum absolute atomic E-state index is 13.8. The fourth-order valence-corrected chi connectivity index (χ4v) is 5.72. The minimum absolute atomic E-state index is 0.0663. The molecule has 0 bridgehead atoms. The molecule has 0 saturated carbocycles. The number of methoxy groups -OCH3 is 2. The Balaban J connectivity index is 1.89. The van der Waals surface area contributed by atoms with Crippen molar-refractivity contribution in [1.29, 1.82) is 0 Å². The van der Waals surface area contributed by atoms with Crippen molar-refractivity contribution in [2.24, 2.45) is 5.41 Å². The highest BCUT2D eigenvalue weighted by atomic mass is 79.9. The van der Waals surface area contributed by atoms with Gasteiger partial charge in [0.2, 0.25) is 0 Å². The summed E-state index contributed by atoms with van der Waals surface area (Å²) < 4.78 is 17.2. The predicted molar refractivity (Wildman–Crippen MR) is 128 cm³/mol. The summed E-state index contributed by atoms with van der Waals surface area (Å²) in [5, 5.41) is 3.43. The van der Waals surface area contributed by atoms with Crippen LogP contribution in [0, 0.1) is 5.41 Å². The average Bonchev–Trinajstić information content (AvgIpc) is 2.76. The second-order valence-corrected chi connectivity index (χ2v) is 10.4. The van der Waals surface area contributed by atoms with Gasteiger partial charge >= 0.3 is 0 Å². The van der Waals surface area contributed by atoms with Crippen LogP contribution in [0.3, 0.4) is 0 Å². The molecule has 1 atom stereocenters. The Bertz CT molecular complexity index is 1050. The van der Waals surface area contributed by atoms with Crippen LogP contribution in [-0.4, -0.2) is 57.1 Å². The van der Waals surface area contributed by atoms with Gasteiger partial charge in [-0.1, -0.05) is 13.8 Å².